The normalized spacial score (nSPS) is 18.9. The van der Waals surface area contributed by atoms with Gasteiger partial charge in [0.25, 0.3) is 0 Å². The molecule has 1 aromatic rings. The summed E-state index contributed by atoms with van der Waals surface area (Å²) in [6.07, 6.45) is 0. The molecule has 3 heteroatoms. The van der Waals surface area contributed by atoms with Crippen LogP contribution in [0.15, 0.2) is 24.3 Å². The van der Waals surface area contributed by atoms with Crippen molar-refractivity contribution in [2.45, 2.75) is 12.8 Å². The first-order valence-corrected chi connectivity index (χ1v) is 6.36. The number of rotatable bonds is 4. The number of nitrogens with zero attached hydrogens (tertiary/aromatic N) is 1. The first kappa shape index (κ1) is 12.4. The predicted molar refractivity (Wildman–Crippen MR) is 70.7 cm³/mol. The summed E-state index contributed by atoms with van der Waals surface area (Å²) in [5, 5.41) is 3.38. The average molecular weight is 234 g/mol. The van der Waals surface area contributed by atoms with Crippen molar-refractivity contribution < 1.29 is 4.74 Å². The number of nitrogens with one attached hydrogen (secondary N) is 1. The van der Waals surface area contributed by atoms with E-state index < -0.39 is 0 Å². The fourth-order valence-corrected chi connectivity index (χ4v) is 2.32. The molecular weight excluding hydrogens is 212 g/mol. The molecule has 94 valence electrons. The molecule has 0 amide bonds. The van der Waals surface area contributed by atoms with Gasteiger partial charge in [-0.15, -0.1) is 0 Å². The van der Waals surface area contributed by atoms with Gasteiger partial charge in [0.15, 0.2) is 0 Å². The van der Waals surface area contributed by atoms with Crippen molar-refractivity contribution in [2.24, 2.45) is 0 Å². The maximum absolute atomic E-state index is 5.18. The van der Waals surface area contributed by atoms with Crippen LogP contribution in [-0.4, -0.2) is 44.7 Å². The molecule has 0 aromatic heterocycles. The Morgan fingerprint density at radius 3 is 2.47 bits per heavy atom. The number of benzene rings is 1. The van der Waals surface area contributed by atoms with Crippen LogP contribution in [-0.2, 0) is 0 Å². The lowest BCUT2D eigenvalue weighted by atomic mass is 10.0. The van der Waals surface area contributed by atoms with E-state index in [1.165, 1.54) is 18.7 Å². The van der Waals surface area contributed by atoms with Gasteiger partial charge < -0.3 is 15.0 Å². The zero-order chi connectivity index (χ0) is 12.1. The molecule has 17 heavy (non-hydrogen) atoms. The van der Waals surface area contributed by atoms with Gasteiger partial charge in [0.2, 0.25) is 0 Å². The molecule has 1 aromatic carbocycles. The lowest BCUT2D eigenvalue weighted by Crippen LogP contribution is -2.44. The van der Waals surface area contributed by atoms with Gasteiger partial charge in [0.1, 0.15) is 5.75 Å². The molecule has 0 bridgehead atoms. The summed E-state index contributed by atoms with van der Waals surface area (Å²) >= 11 is 0. The van der Waals surface area contributed by atoms with Crippen LogP contribution < -0.4 is 10.1 Å². The highest BCUT2D eigenvalue weighted by atomic mass is 16.5. The molecule has 1 saturated heterocycles. The monoisotopic (exact) mass is 234 g/mol. The van der Waals surface area contributed by atoms with Gasteiger partial charge in [-0.3, -0.25) is 0 Å². The summed E-state index contributed by atoms with van der Waals surface area (Å²) in [5.74, 6) is 1.52. The van der Waals surface area contributed by atoms with E-state index in [2.05, 4.69) is 29.3 Å². The van der Waals surface area contributed by atoms with Crippen LogP contribution in [0.5, 0.6) is 5.75 Å². The Balaban J connectivity index is 1.91. The Hall–Kier alpha value is -1.06. The third-order valence-corrected chi connectivity index (χ3v) is 3.43. The summed E-state index contributed by atoms with van der Waals surface area (Å²) in [7, 11) is 1.71. The van der Waals surface area contributed by atoms with Crippen LogP contribution in [0, 0.1) is 0 Å². The predicted octanol–water partition coefficient (Wildman–Crippen LogP) is 1.70. The van der Waals surface area contributed by atoms with Gasteiger partial charge in [0, 0.05) is 32.7 Å². The zero-order valence-electron chi connectivity index (χ0n) is 10.8. The van der Waals surface area contributed by atoms with E-state index in [0.717, 1.165) is 25.4 Å². The van der Waals surface area contributed by atoms with Gasteiger partial charge in [-0.25, -0.2) is 0 Å². The van der Waals surface area contributed by atoms with E-state index in [4.69, 9.17) is 4.74 Å². The average Bonchev–Trinajstić information content (AvgIpc) is 2.40. The Labute approximate surface area is 104 Å². The van der Waals surface area contributed by atoms with Crippen molar-refractivity contribution in [3.05, 3.63) is 29.8 Å². The van der Waals surface area contributed by atoms with Crippen molar-refractivity contribution in [1.29, 1.82) is 0 Å². The lowest BCUT2D eigenvalue weighted by molar-refractivity contribution is 0.230. The minimum Gasteiger partial charge on any atom is -0.497 e. The molecule has 0 saturated carbocycles. The van der Waals surface area contributed by atoms with Crippen LogP contribution in [0.25, 0.3) is 0 Å². The van der Waals surface area contributed by atoms with E-state index in [1.54, 1.807) is 7.11 Å². The summed E-state index contributed by atoms with van der Waals surface area (Å²) in [6.45, 7) is 8.02. The van der Waals surface area contributed by atoms with Gasteiger partial charge in [-0.1, -0.05) is 19.1 Å². The maximum atomic E-state index is 5.18. The second kappa shape index (κ2) is 6.03. The van der Waals surface area contributed by atoms with Crippen molar-refractivity contribution in [2.75, 3.05) is 39.8 Å². The number of hydrogen-bond acceptors (Lipinski definition) is 3. The summed E-state index contributed by atoms with van der Waals surface area (Å²) < 4.78 is 5.18. The Morgan fingerprint density at radius 1 is 1.24 bits per heavy atom. The molecule has 1 heterocycles. The minimum absolute atomic E-state index is 0.582. The van der Waals surface area contributed by atoms with Gasteiger partial charge in [0.05, 0.1) is 7.11 Å². The molecule has 1 N–H and O–H groups in total. The number of methoxy groups -OCH3 is 1. The fourth-order valence-electron chi connectivity index (χ4n) is 2.32. The molecule has 0 radical (unpaired) electrons. The molecule has 0 aliphatic carbocycles. The second-order valence-electron chi connectivity index (χ2n) is 4.72. The third-order valence-electron chi connectivity index (χ3n) is 3.43. The Morgan fingerprint density at radius 2 is 1.88 bits per heavy atom. The standard InChI is InChI=1S/C14H22N2O/c1-12(11-16-9-7-15-8-10-16)13-3-5-14(17-2)6-4-13/h3-6,12,15H,7-11H2,1-2H3. The zero-order valence-corrected chi connectivity index (χ0v) is 10.8. The molecule has 1 fully saturated rings. The molecule has 1 aliphatic heterocycles. The molecule has 1 unspecified atom stereocenters. The van der Waals surface area contributed by atoms with Gasteiger partial charge >= 0.3 is 0 Å². The number of piperazine rings is 1. The summed E-state index contributed by atoms with van der Waals surface area (Å²) in [4.78, 5) is 2.53. The van der Waals surface area contributed by atoms with E-state index in [0.29, 0.717) is 5.92 Å². The quantitative estimate of drug-likeness (QED) is 0.858. The SMILES string of the molecule is COc1ccc(C(C)CN2CCNCC2)cc1. The molecule has 3 nitrogen and oxygen atoms in total. The van der Waals surface area contributed by atoms with Gasteiger partial charge in [-0.05, 0) is 23.6 Å². The van der Waals surface area contributed by atoms with E-state index in [-0.39, 0.29) is 0 Å². The molecule has 2 rings (SSSR count). The topological polar surface area (TPSA) is 24.5 Å². The highest BCUT2D eigenvalue weighted by molar-refractivity contribution is 5.29. The molecule has 1 aliphatic rings. The smallest absolute Gasteiger partial charge is 0.118 e. The van der Waals surface area contributed by atoms with E-state index in [9.17, 15) is 0 Å². The highest BCUT2D eigenvalue weighted by Crippen LogP contribution is 2.20. The first-order chi connectivity index (χ1) is 8.29. The van der Waals surface area contributed by atoms with Crippen LogP contribution in [0.4, 0.5) is 0 Å². The summed E-state index contributed by atoms with van der Waals surface area (Å²) in [6, 6.07) is 8.44. The van der Waals surface area contributed by atoms with Crippen LogP contribution in [0.2, 0.25) is 0 Å². The van der Waals surface area contributed by atoms with Crippen LogP contribution in [0.3, 0.4) is 0 Å². The summed E-state index contributed by atoms with van der Waals surface area (Å²) in [5.41, 5.74) is 1.39. The maximum Gasteiger partial charge on any atom is 0.118 e. The Kier molecular flexibility index (Phi) is 4.40. The van der Waals surface area contributed by atoms with E-state index in [1.807, 2.05) is 12.1 Å². The molecule has 1 atom stereocenters. The highest BCUT2D eigenvalue weighted by Gasteiger charge is 2.14. The van der Waals surface area contributed by atoms with Crippen molar-refractivity contribution in [3.8, 4) is 5.75 Å². The first-order valence-electron chi connectivity index (χ1n) is 6.36. The molecule has 0 spiro atoms. The van der Waals surface area contributed by atoms with Crippen LogP contribution in [0.1, 0.15) is 18.4 Å². The number of ether oxygens (including phenoxy) is 1. The van der Waals surface area contributed by atoms with Crippen LogP contribution >= 0.6 is 0 Å². The van der Waals surface area contributed by atoms with Gasteiger partial charge in [-0.2, -0.15) is 0 Å². The van der Waals surface area contributed by atoms with E-state index >= 15 is 0 Å². The van der Waals surface area contributed by atoms with Crippen molar-refractivity contribution in [3.63, 3.8) is 0 Å². The Bertz CT molecular complexity index is 331. The molecular formula is C14H22N2O. The number of hydrogen-bond donors (Lipinski definition) is 1. The fraction of sp³-hybridized carbons (Fsp3) is 0.571. The van der Waals surface area contributed by atoms with Crippen molar-refractivity contribution in [1.82, 2.24) is 10.2 Å². The second-order valence-corrected chi connectivity index (χ2v) is 4.72. The minimum atomic E-state index is 0.582. The lowest BCUT2D eigenvalue weighted by Gasteiger charge is -2.29. The third kappa shape index (κ3) is 3.45. The van der Waals surface area contributed by atoms with Crippen molar-refractivity contribution >= 4 is 0 Å². The largest absolute Gasteiger partial charge is 0.497 e.